The van der Waals surface area contributed by atoms with Crippen LogP contribution in [0.4, 0.5) is 0 Å². The van der Waals surface area contributed by atoms with Gasteiger partial charge in [0.25, 0.3) is 5.91 Å². The number of carbonyl (C=O) groups excluding carboxylic acids is 1. The molecule has 104 valence electrons. The van der Waals surface area contributed by atoms with E-state index in [1.807, 2.05) is 18.2 Å². The first-order valence-electron chi connectivity index (χ1n) is 6.72. The van der Waals surface area contributed by atoms with Crippen LogP contribution in [0.15, 0.2) is 35.1 Å². The first-order chi connectivity index (χ1) is 9.63. The van der Waals surface area contributed by atoms with Crippen molar-refractivity contribution in [1.82, 2.24) is 10.3 Å². The Labute approximate surface area is 115 Å². The van der Waals surface area contributed by atoms with Crippen molar-refractivity contribution in [3.63, 3.8) is 0 Å². The van der Waals surface area contributed by atoms with E-state index in [0.29, 0.717) is 23.5 Å². The van der Waals surface area contributed by atoms with Crippen molar-refractivity contribution in [2.45, 2.75) is 18.9 Å². The first-order valence-corrected chi connectivity index (χ1v) is 6.72. The average molecular weight is 272 g/mol. The highest BCUT2D eigenvalue weighted by molar-refractivity contribution is 6.05. The molecule has 1 amide bonds. The molecular formula is C15H16N2O3. The Morgan fingerprint density at radius 1 is 1.35 bits per heavy atom. The van der Waals surface area contributed by atoms with Gasteiger partial charge in [0.1, 0.15) is 0 Å². The zero-order chi connectivity index (χ0) is 14.1. The predicted octanol–water partition coefficient (Wildman–Crippen LogP) is 1.03. The predicted molar refractivity (Wildman–Crippen MR) is 75.6 cm³/mol. The molecule has 0 atom stereocenters. The molecule has 1 fully saturated rings. The lowest BCUT2D eigenvalue weighted by Gasteiger charge is -2.31. The van der Waals surface area contributed by atoms with Crippen LogP contribution in [0.2, 0.25) is 0 Å². The third-order valence-corrected chi connectivity index (χ3v) is 3.76. The number of aliphatic hydroxyl groups excluding tert-OH is 1. The van der Waals surface area contributed by atoms with E-state index in [-0.39, 0.29) is 17.6 Å². The Morgan fingerprint density at radius 3 is 2.85 bits per heavy atom. The van der Waals surface area contributed by atoms with Gasteiger partial charge >= 0.3 is 0 Å². The number of pyridine rings is 1. The van der Waals surface area contributed by atoms with E-state index in [0.717, 1.165) is 18.2 Å². The molecule has 0 bridgehead atoms. The topological polar surface area (TPSA) is 82.2 Å². The van der Waals surface area contributed by atoms with Crippen molar-refractivity contribution >= 4 is 16.8 Å². The van der Waals surface area contributed by atoms with E-state index in [1.54, 1.807) is 6.07 Å². The normalized spacial score (nSPS) is 21.4. The van der Waals surface area contributed by atoms with Crippen molar-refractivity contribution in [2.24, 2.45) is 5.92 Å². The molecule has 1 aliphatic carbocycles. The molecule has 5 nitrogen and oxygen atoms in total. The van der Waals surface area contributed by atoms with Gasteiger partial charge in [-0.3, -0.25) is 9.59 Å². The summed E-state index contributed by atoms with van der Waals surface area (Å²) < 4.78 is 0. The van der Waals surface area contributed by atoms with Gasteiger partial charge in [-0.05, 0) is 24.8 Å². The second-order valence-electron chi connectivity index (χ2n) is 5.29. The van der Waals surface area contributed by atoms with E-state index in [1.165, 1.54) is 6.07 Å². The van der Waals surface area contributed by atoms with Gasteiger partial charge in [0.15, 0.2) is 0 Å². The van der Waals surface area contributed by atoms with Gasteiger partial charge in [0.2, 0.25) is 5.56 Å². The van der Waals surface area contributed by atoms with E-state index >= 15 is 0 Å². The molecule has 3 rings (SSSR count). The number of carbonyl (C=O) groups is 1. The number of aliphatic hydroxyl groups is 1. The van der Waals surface area contributed by atoms with Gasteiger partial charge in [-0.2, -0.15) is 0 Å². The van der Waals surface area contributed by atoms with Crippen LogP contribution in [0.5, 0.6) is 0 Å². The third-order valence-electron chi connectivity index (χ3n) is 3.76. The molecular weight excluding hydrogens is 256 g/mol. The molecule has 2 aromatic rings. The Bertz CT molecular complexity index is 702. The zero-order valence-electron chi connectivity index (χ0n) is 10.9. The molecule has 3 N–H and O–H groups in total. The first kappa shape index (κ1) is 12.9. The summed E-state index contributed by atoms with van der Waals surface area (Å²) in [5.41, 5.74) is 0.765. The third kappa shape index (κ3) is 2.44. The maximum absolute atomic E-state index is 12.2. The molecule has 0 unspecified atom stereocenters. The quantitative estimate of drug-likeness (QED) is 0.780. The molecule has 0 saturated heterocycles. The average Bonchev–Trinajstić information content (AvgIpc) is 2.41. The second kappa shape index (κ2) is 5.09. The highest BCUT2D eigenvalue weighted by atomic mass is 16.3. The fourth-order valence-electron chi connectivity index (χ4n) is 2.59. The van der Waals surface area contributed by atoms with Crippen molar-refractivity contribution in [2.75, 3.05) is 6.54 Å². The summed E-state index contributed by atoms with van der Waals surface area (Å²) in [7, 11) is 0. The van der Waals surface area contributed by atoms with Gasteiger partial charge in [-0.25, -0.2) is 0 Å². The van der Waals surface area contributed by atoms with Gasteiger partial charge in [-0.15, -0.1) is 0 Å². The van der Waals surface area contributed by atoms with Gasteiger partial charge in [-0.1, -0.05) is 18.2 Å². The van der Waals surface area contributed by atoms with E-state index in [2.05, 4.69) is 10.3 Å². The smallest absolute Gasteiger partial charge is 0.252 e. The number of aromatic amines is 1. The van der Waals surface area contributed by atoms with Gasteiger partial charge in [0.05, 0.1) is 11.7 Å². The summed E-state index contributed by atoms with van der Waals surface area (Å²) in [5.74, 6) is 0.0934. The largest absolute Gasteiger partial charge is 0.393 e. The second-order valence-corrected chi connectivity index (χ2v) is 5.29. The van der Waals surface area contributed by atoms with Crippen molar-refractivity contribution in [3.8, 4) is 0 Å². The maximum atomic E-state index is 12.2. The number of hydrogen-bond acceptors (Lipinski definition) is 3. The highest BCUT2D eigenvalue weighted by Crippen LogP contribution is 2.26. The molecule has 5 heteroatoms. The lowest BCUT2D eigenvalue weighted by molar-refractivity contribution is 0.0420. The number of amides is 1. The summed E-state index contributed by atoms with van der Waals surface area (Å²) in [6, 6.07) is 8.56. The number of nitrogens with one attached hydrogen (secondary N) is 2. The Kier molecular flexibility index (Phi) is 3.28. The Hall–Kier alpha value is -2.14. The fraction of sp³-hybridized carbons (Fsp3) is 0.333. The minimum Gasteiger partial charge on any atom is -0.393 e. The molecule has 0 radical (unpaired) electrons. The molecule has 20 heavy (non-hydrogen) atoms. The van der Waals surface area contributed by atoms with E-state index in [9.17, 15) is 14.7 Å². The molecule has 1 aliphatic rings. The van der Waals surface area contributed by atoms with Gasteiger partial charge < -0.3 is 15.4 Å². The number of hydrogen-bond donors (Lipinski definition) is 3. The van der Waals surface area contributed by atoms with Crippen LogP contribution in [0.3, 0.4) is 0 Å². The van der Waals surface area contributed by atoms with Crippen LogP contribution in [0.25, 0.3) is 10.9 Å². The summed E-state index contributed by atoms with van der Waals surface area (Å²) in [4.78, 5) is 26.5. The fourth-order valence-corrected chi connectivity index (χ4v) is 2.59. The van der Waals surface area contributed by atoms with Crippen LogP contribution in [-0.2, 0) is 0 Å². The maximum Gasteiger partial charge on any atom is 0.252 e. The number of rotatable bonds is 3. The lowest BCUT2D eigenvalue weighted by Crippen LogP contribution is -2.38. The van der Waals surface area contributed by atoms with E-state index < -0.39 is 0 Å². The monoisotopic (exact) mass is 272 g/mol. The lowest BCUT2D eigenvalue weighted by atomic mass is 9.82. The van der Waals surface area contributed by atoms with Crippen LogP contribution in [0, 0.1) is 5.92 Å². The minimum absolute atomic E-state index is 0.225. The molecule has 1 aromatic carbocycles. The van der Waals surface area contributed by atoms with Crippen LogP contribution in [0.1, 0.15) is 23.2 Å². The number of aromatic nitrogens is 1. The van der Waals surface area contributed by atoms with Crippen LogP contribution < -0.4 is 10.9 Å². The molecule has 1 aromatic heterocycles. The summed E-state index contributed by atoms with van der Waals surface area (Å²) >= 11 is 0. The molecule has 1 heterocycles. The standard InChI is InChI=1S/C15H16N2O3/c18-10-5-9(6-10)8-16-15(20)12-7-14(19)17-13-4-2-1-3-11(12)13/h1-4,7,9-10,18H,5-6,8H2,(H,16,20)(H,17,19). The summed E-state index contributed by atoms with van der Waals surface area (Å²) in [6.07, 6.45) is 1.24. The minimum atomic E-state index is -0.284. The molecule has 0 spiro atoms. The Balaban J connectivity index is 1.82. The highest BCUT2D eigenvalue weighted by Gasteiger charge is 2.27. The Morgan fingerprint density at radius 2 is 2.10 bits per heavy atom. The number of para-hydroxylation sites is 1. The molecule has 1 saturated carbocycles. The van der Waals surface area contributed by atoms with Crippen molar-refractivity contribution in [3.05, 3.63) is 46.2 Å². The van der Waals surface area contributed by atoms with Crippen LogP contribution in [-0.4, -0.2) is 28.6 Å². The number of H-pyrrole nitrogens is 1. The summed E-state index contributed by atoms with van der Waals surface area (Å²) in [5, 5.41) is 12.8. The van der Waals surface area contributed by atoms with Crippen molar-refractivity contribution < 1.29 is 9.90 Å². The van der Waals surface area contributed by atoms with E-state index in [4.69, 9.17) is 0 Å². The van der Waals surface area contributed by atoms with Crippen molar-refractivity contribution in [1.29, 1.82) is 0 Å². The molecule has 0 aliphatic heterocycles. The SMILES string of the molecule is O=C(NCC1CC(O)C1)c1cc(=O)[nH]c2ccccc12. The summed E-state index contributed by atoms with van der Waals surface area (Å²) in [6.45, 7) is 0.539. The number of benzene rings is 1. The number of fused-ring (bicyclic) bond motifs is 1. The van der Waals surface area contributed by atoms with Crippen LogP contribution >= 0.6 is 0 Å². The zero-order valence-corrected chi connectivity index (χ0v) is 10.9. The van der Waals surface area contributed by atoms with Gasteiger partial charge in [0, 0.05) is 23.5 Å².